The van der Waals surface area contributed by atoms with Crippen LogP contribution in [0.5, 0.6) is 0 Å². The van der Waals surface area contributed by atoms with Crippen LogP contribution in [0.4, 0.5) is 0 Å². The van der Waals surface area contributed by atoms with Crippen LogP contribution in [0, 0.1) is 0 Å². The summed E-state index contributed by atoms with van der Waals surface area (Å²) in [4.78, 5) is 11.9. The summed E-state index contributed by atoms with van der Waals surface area (Å²) in [7, 11) is 3.70. The van der Waals surface area contributed by atoms with Crippen molar-refractivity contribution < 1.29 is 9.90 Å². The highest BCUT2D eigenvalue weighted by atomic mass is 16.4. The number of carbonyl (C=O) groups is 1. The van der Waals surface area contributed by atoms with Gasteiger partial charge in [0.2, 0.25) is 0 Å². The van der Waals surface area contributed by atoms with Crippen LogP contribution in [0.25, 0.3) is 0 Å². The molecular formula is C7H14N2O2. The Balaban J connectivity index is 3.68. The van der Waals surface area contributed by atoms with Gasteiger partial charge in [-0.25, -0.2) is 0 Å². The van der Waals surface area contributed by atoms with E-state index in [1.165, 1.54) is 0 Å². The zero-order valence-corrected chi connectivity index (χ0v) is 6.82. The fourth-order valence-corrected chi connectivity index (χ4v) is 0.552. The summed E-state index contributed by atoms with van der Waals surface area (Å²) in [6.07, 6.45) is 3.38. The molecule has 3 N–H and O–H groups in total. The van der Waals surface area contributed by atoms with Crippen LogP contribution < -0.4 is 5.73 Å². The molecule has 11 heavy (non-hydrogen) atoms. The lowest BCUT2D eigenvalue weighted by Crippen LogP contribution is -2.21. The normalized spacial score (nSPS) is 13.4. The Morgan fingerprint density at radius 2 is 2.27 bits per heavy atom. The van der Waals surface area contributed by atoms with Gasteiger partial charge in [0, 0.05) is 20.1 Å². The molecule has 0 heterocycles. The molecule has 0 spiro atoms. The average molecular weight is 158 g/mol. The third-order valence-electron chi connectivity index (χ3n) is 1.04. The Morgan fingerprint density at radius 3 is 2.64 bits per heavy atom. The van der Waals surface area contributed by atoms with Gasteiger partial charge in [0.25, 0.3) is 0 Å². The Hall–Kier alpha value is -1.03. The molecule has 0 fully saturated rings. The zero-order valence-electron chi connectivity index (χ0n) is 6.82. The van der Waals surface area contributed by atoms with Gasteiger partial charge in [-0.2, -0.15) is 0 Å². The molecule has 0 rings (SSSR count). The number of hydrogen-bond acceptors (Lipinski definition) is 3. The summed E-state index contributed by atoms with van der Waals surface area (Å²) in [6, 6.07) is -0.394. The topological polar surface area (TPSA) is 66.6 Å². The largest absolute Gasteiger partial charge is 0.481 e. The summed E-state index contributed by atoms with van der Waals surface area (Å²) in [5.74, 6) is -0.874. The van der Waals surface area contributed by atoms with Gasteiger partial charge in [-0.05, 0) is 6.20 Å². The maximum Gasteiger partial charge on any atom is 0.305 e. The molecule has 1 atom stereocenters. The Morgan fingerprint density at radius 1 is 1.73 bits per heavy atom. The fraction of sp³-hybridized carbons (Fsp3) is 0.571. The van der Waals surface area contributed by atoms with Crippen molar-refractivity contribution in [3.63, 3.8) is 0 Å². The minimum atomic E-state index is -0.874. The molecule has 0 aliphatic carbocycles. The van der Waals surface area contributed by atoms with E-state index in [1.54, 1.807) is 12.3 Å². The first-order chi connectivity index (χ1) is 5.02. The summed E-state index contributed by atoms with van der Waals surface area (Å²) in [5.41, 5.74) is 5.43. The first kappa shape index (κ1) is 9.97. The van der Waals surface area contributed by atoms with Crippen molar-refractivity contribution >= 4 is 5.97 Å². The molecular weight excluding hydrogens is 144 g/mol. The molecule has 0 aromatic rings. The lowest BCUT2D eigenvalue weighted by Gasteiger charge is -2.06. The molecule has 64 valence electrons. The summed E-state index contributed by atoms with van der Waals surface area (Å²) >= 11 is 0. The second kappa shape index (κ2) is 4.73. The van der Waals surface area contributed by atoms with Crippen molar-refractivity contribution in [1.82, 2.24) is 4.90 Å². The van der Waals surface area contributed by atoms with Crippen LogP contribution >= 0.6 is 0 Å². The van der Waals surface area contributed by atoms with Crippen molar-refractivity contribution in [3.8, 4) is 0 Å². The molecule has 4 nitrogen and oxygen atoms in total. The lowest BCUT2D eigenvalue weighted by atomic mass is 10.2. The van der Waals surface area contributed by atoms with Gasteiger partial charge in [-0.1, -0.05) is 6.08 Å². The predicted molar refractivity (Wildman–Crippen MR) is 43.1 cm³/mol. The smallest absolute Gasteiger partial charge is 0.305 e. The van der Waals surface area contributed by atoms with E-state index in [9.17, 15) is 4.79 Å². The number of carboxylic acids is 1. The van der Waals surface area contributed by atoms with E-state index in [1.807, 2.05) is 19.0 Å². The van der Waals surface area contributed by atoms with Crippen molar-refractivity contribution in [2.75, 3.05) is 14.1 Å². The van der Waals surface area contributed by atoms with Gasteiger partial charge in [-0.15, -0.1) is 0 Å². The van der Waals surface area contributed by atoms with Gasteiger partial charge in [-0.3, -0.25) is 4.79 Å². The molecule has 1 unspecified atom stereocenters. The summed E-state index contributed by atoms with van der Waals surface area (Å²) in [5, 5.41) is 8.32. The molecule has 0 radical (unpaired) electrons. The quantitative estimate of drug-likeness (QED) is 0.597. The van der Waals surface area contributed by atoms with Crippen LogP contribution in [0.15, 0.2) is 12.3 Å². The summed E-state index contributed by atoms with van der Waals surface area (Å²) < 4.78 is 0. The van der Waals surface area contributed by atoms with Crippen molar-refractivity contribution in [3.05, 3.63) is 12.3 Å². The van der Waals surface area contributed by atoms with E-state index in [4.69, 9.17) is 10.8 Å². The second-order valence-corrected chi connectivity index (χ2v) is 2.57. The highest BCUT2D eigenvalue weighted by Crippen LogP contribution is 1.90. The van der Waals surface area contributed by atoms with E-state index in [2.05, 4.69) is 0 Å². The van der Waals surface area contributed by atoms with Crippen LogP contribution in [0.1, 0.15) is 6.42 Å². The molecule has 0 amide bonds. The van der Waals surface area contributed by atoms with E-state index in [0.717, 1.165) is 0 Å². The highest BCUT2D eigenvalue weighted by Gasteiger charge is 2.02. The van der Waals surface area contributed by atoms with Crippen LogP contribution in [-0.4, -0.2) is 36.1 Å². The number of hydrogen-bond donors (Lipinski definition) is 2. The maximum absolute atomic E-state index is 10.1. The fourth-order valence-electron chi connectivity index (χ4n) is 0.552. The number of aliphatic carboxylic acids is 1. The van der Waals surface area contributed by atoms with Gasteiger partial charge in [0.05, 0.1) is 6.42 Å². The molecule has 0 saturated carbocycles. The van der Waals surface area contributed by atoms with E-state index in [-0.39, 0.29) is 6.42 Å². The molecule has 4 heteroatoms. The minimum absolute atomic E-state index is 0.0235. The first-order valence-corrected chi connectivity index (χ1v) is 3.34. The number of nitrogens with two attached hydrogens (primary N) is 1. The Labute approximate surface area is 66.3 Å². The predicted octanol–water partition coefficient (Wildman–Crippen LogP) is -0.136. The monoisotopic (exact) mass is 158 g/mol. The van der Waals surface area contributed by atoms with Crippen LogP contribution in [0.2, 0.25) is 0 Å². The molecule has 0 aliphatic rings. The average Bonchev–Trinajstić information content (AvgIpc) is 1.82. The van der Waals surface area contributed by atoms with Gasteiger partial charge < -0.3 is 15.7 Å². The molecule has 0 aliphatic heterocycles. The Kier molecular flexibility index (Phi) is 4.29. The van der Waals surface area contributed by atoms with Crippen LogP contribution in [-0.2, 0) is 4.79 Å². The van der Waals surface area contributed by atoms with E-state index in [0.29, 0.717) is 0 Å². The molecule has 0 bridgehead atoms. The second-order valence-electron chi connectivity index (χ2n) is 2.57. The van der Waals surface area contributed by atoms with Crippen LogP contribution in [0.3, 0.4) is 0 Å². The van der Waals surface area contributed by atoms with E-state index >= 15 is 0 Å². The minimum Gasteiger partial charge on any atom is -0.481 e. The SMILES string of the molecule is CN(C)/C=C/C(N)CC(=O)O. The van der Waals surface area contributed by atoms with E-state index < -0.39 is 12.0 Å². The Bertz CT molecular complexity index is 155. The zero-order chi connectivity index (χ0) is 8.85. The van der Waals surface area contributed by atoms with Crippen molar-refractivity contribution in [1.29, 1.82) is 0 Å². The van der Waals surface area contributed by atoms with Crippen molar-refractivity contribution in [2.24, 2.45) is 5.73 Å². The third-order valence-corrected chi connectivity index (χ3v) is 1.04. The standard InChI is InChI=1S/C7H14N2O2/c1-9(2)4-3-6(8)5-7(10)11/h3-4,6H,5,8H2,1-2H3,(H,10,11)/b4-3+. The number of nitrogens with zero attached hydrogens (tertiary/aromatic N) is 1. The maximum atomic E-state index is 10.1. The third kappa shape index (κ3) is 6.86. The van der Waals surface area contributed by atoms with Crippen molar-refractivity contribution in [2.45, 2.75) is 12.5 Å². The first-order valence-electron chi connectivity index (χ1n) is 3.34. The molecule has 0 aromatic heterocycles. The molecule has 0 saturated heterocycles. The van der Waals surface area contributed by atoms with Gasteiger partial charge in [0.15, 0.2) is 0 Å². The lowest BCUT2D eigenvalue weighted by molar-refractivity contribution is -0.137. The highest BCUT2D eigenvalue weighted by molar-refractivity contribution is 5.67. The van der Waals surface area contributed by atoms with Gasteiger partial charge in [0.1, 0.15) is 0 Å². The van der Waals surface area contributed by atoms with Gasteiger partial charge >= 0.3 is 5.97 Å². The molecule has 0 aromatic carbocycles. The number of carboxylic acid groups (broad SMARTS) is 1. The summed E-state index contributed by atoms with van der Waals surface area (Å²) in [6.45, 7) is 0. The number of rotatable bonds is 4.